The highest BCUT2D eigenvalue weighted by molar-refractivity contribution is 5.79. The fourth-order valence-electron chi connectivity index (χ4n) is 2.79. The zero-order valence-electron chi connectivity index (χ0n) is 12.1. The summed E-state index contributed by atoms with van der Waals surface area (Å²) in [6.45, 7) is 10.8. The summed E-state index contributed by atoms with van der Waals surface area (Å²) in [6.07, 6.45) is 0. The van der Waals surface area contributed by atoms with Gasteiger partial charge in [0.2, 0.25) is 0 Å². The van der Waals surface area contributed by atoms with Crippen LogP contribution < -0.4 is 5.73 Å². The van der Waals surface area contributed by atoms with E-state index in [9.17, 15) is 9.90 Å². The number of nitrogen functional groups attached to an aromatic ring is 1. The Balaban J connectivity index is 2.65. The maximum atomic E-state index is 11.7. The van der Waals surface area contributed by atoms with Crippen molar-refractivity contribution < 1.29 is 9.90 Å². The first kappa shape index (κ1) is 13.9. The fraction of sp³-hybridized carbons (Fsp3) is 0.692. The number of fused-ring (bicyclic) bond motifs is 1. The van der Waals surface area contributed by atoms with E-state index >= 15 is 0 Å². The molecule has 0 saturated heterocycles. The average Bonchev–Trinajstić information content (AvgIpc) is 2.59. The monoisotopic (exact) mass is 266 g/mol. The summed E-state index contributed by atoms with van der Waals surface area (Å²) < 4.78 is 0. The molecule has 2 heterocycles. The number of rotatable bonds is 1. The van der Waals surface area contributed by atoms with Gasteiger partial charge < -0.3 is 10.8 Å². The maximum Gasteiger partial charge on any atom is 0.325 e. The third-order valence-electron chi connectivity index (χ3n) is 3.76. The minimum atomic E-state index is -0.889. The molecule has 1 unspecified atom stereocenters. The van der Waals surface area contributed by atoms with Gasteiger partial charge in [0.05, 0.1) is 0 Å². The van der Waals surface area contributed by atoms with Crippen LogP contribution in [0.5, 0.6) is 0 Å². The van der Waals surface area contributed by atoms with Gasteiger partial charge in [-0.2, -0.15) is 5.10 Å². The summed E-state index contributed by atoms with van der Waals surface area (Å²) in [7, 11) is 0. The fourth-order valence-corrected chi connectivity index (χ4v) is 2.79. The van der Waals surface area contributed by atoms with Crippen LogP contribution in [-0.4, -0.2) is 38.3 Å². The Kier molecular flexibility index (Phi) is 2.89. The van der Waals surface area contributed by atoms with E-state index in [4.69, 9.17) is 5.73 Å². The van der Waals surface area contributed by atoms with E-state index < -0.39 is 12.0 Å². The standard InChI is InChI=1S/C13H22N4O2/c1-12(2,3)17-6-13(4,5)9-7(8(17)11(18)19)10(14)16-15-9/h8H,6H2,1-5H3,(H,18,19)(H3,14,15,16). The molecule has 0 radical (unpaired) electrons. The minimum absolute atomic E-state index is 0.209. The lowest BCUT2D eigenvalue weighted by Crippen LogP contribution is -2.55. The SMILES string of the molecule is CC1(C)CN(C(C)(C)C)C(C(=O)O)c2c(N)n[nH]c21. The van der Waals surface area contributed by atoms with Crippen molar-refractivity contribution >= 4 is 11.8 Å². The third kappa shape index (κ3) is 2.10. The zero-order chi connectivity index (χ0) is 14.6. The van der Waals surface area contributed by atoms with Crippen molar-refractivity contribution in [1.29, 1.82) is 0 Å². The Labute approximate surface area is 113 Å². The van der Waals surface area contributed by atoms with E-state index in [2.05, 4.69) is 24.0 Å². The summed E-state index contributed by atoms with van der Waals surface area (Å²) in [6, 6.07) is -0.748. The molecule has 1 atom stereocenters. The Hall–Kier alpha value is -1.56. The highest BCUT2D eigenvalue weighted by atomic mass is 16.4. The van der Waals surface area contributed by atoms with Crippen molar-refractivity contribution in [2.45, 2.75) is 51.6 Å². The van der Waals surface area contributed by atoms with Crippen molar-refractivity contribution in [1.82, 2.24) is 15.1 Å². The molecule has 1 aromatic heterocycles. The van der Waals surface area contributed by atoms with Gasteiger partial charge in [0, 0.05) is 28.8 Å². The van der Waals surface area contributed by atoms with Crippen LogP contribution in [-0.2, 0) is 10.2 Å². The number of H-pyrrole nitrogens is 1. The molecule has 0 fully saturated rings. The van der Waals surface area contributed by atoms with Crippen LogP contribution in [0.3, 0.4) is 0 Å². The van der Waals surface area contributed by atoms with Crippen molar-refractivity contribution in [2.24, 2.45) is 0 Å². The zero-order valence-corrected chi connectivity index (χ0v) is 12.1. The van der Waals surface area contributed by atoms with Crippen molar-refractivity contribution in [2.75, 3.05) is 12.3 Å². The van der Waals surface area contributed by atoms with Crippen LogP contribution in [0.25, 0.3) is 0 Å². The predicted molar refractivity (Wildman–Crippen MR) is 72.9 cm³/mol. The van der Waals surface area contributed by atoms with Gasteiger partial charge in [0.1, 0.15) is 6.04 Å². The molecule has 6 heteroatoms. The van der Waals surface area contributed by atoms with Crippen LogP contribution >= 0.6 is 0 Å². The first-order valence-corrected chi connectivity index (χ1v) is 6.39. The number of aromatic nitrogens is 2. The molecule has 106 valence electrons. The molecule has 2 rings (SSSR count). The maximum absolute atomic E-state index is 11.7. The first-order chi connectivity index (χ1) is 8.55. The van der Waals surface area contributed by atoms with Gasteiger partial charge in [-0.3, -0.25) is 14.8 Å². The van der Waals surface area contributed by atoms with Crippen LogP contribution in [0, 0.1) is 0 Å². The van der Waals surface area contributed by atoms with Crippen LogP contribution in [0.2, 0.25) is 0 Å². The van der Waals surface area contributed by atoms with E-state index in [1.54, 1.807) is 0 Å². The molecule has 1 aliphatic heterocycles. The lowest BCUT2D eigenvalue weighted by atomic mass is 9.78. The van der Waals surface area contributed by atoms with Gasteiger partial charge in [-0.05, 0) is 20.8 Å². The van der Waals surface area contributed by atoms with E-state index in [1.807, 2.05) is 25.7 Å². The molecular formula is C13H22N4O2. The average molecular weight is 266 g/mol. The normalized spacial score (nSPS) is 23.1. The van der Waals surface area contributed by atoms with Gasteiger partial charge in [0.15, 0.2) is 5.82 Å². The van der Waals surface area contributed by atoms with Gasteiger partial charge in [-0.1, -0.05) is 13.8 Å². The Bertz CT molecular complexity index is 513. The molecule has 6 nitrogen and oxygen atoms in total. The summed E-state index contributed by atoms with van der Waals surface area (Å²) in [5.41, 5.74) is 6.85. The number of hydrogen-bond acceptors (Lipinski definition) is 4. The number of nitrogens with zero attached hydrogens (tertiary/aromatic N) is 2. The van der Waals surface area contributed by atoms with E-state index in [0.29, 0.717) is 12.1 Å². The van der Waals surface area contributed by atoms with E-state index in [1.165, 1.54) is 0 Å². The summed E-state index contributed by atoms with van der Waals surface area (Å²) >= 11 is 0. The van der Waals surface area contributed by atoms with E-state index in [0.717, 1.165) is 5.69 Å². The molecule has 4 N–H and O–H groups in total. The Morgan fingerprint density at radius 3 is 2.58 bits per heavy atom. The lowest BCUT2D eigenvalue weighted by Gasteiger charge is -2.47. The second kappa shape index (κ2) is 3.96. The first-order valence-electron chi connectivity index (χ1n) is 6.39. The van der Waals surface area contributed by atoms with Crippen molar-refractivity contribution in [3.8, 4) is 0 Å². The summed E-state index contributed by atoms with van der Waals surface area (Å²) in [4.78, 5) is 13.7. The van der Waals surface area contributed by atoms with Gasteiger partial charge in [-0.25, -0.2) is 0 Å². The van der Waals surface area contributed by atoms with Crippen LogP contribution in [0.15, 0.2) is 0 Å². The number of carbonyl (C=O) groups is 1. The number of nitrogens with two attached hydrogens (primary N) is 1. The third-order valence-corrected chi connectivity index (χ3v) is 3.76. The number of carboxylic acid groups (broad SMARTS) is 1. The second-order valence-corrected chi connectivity index (χ2v) is 6.82. The van der Waals surface area contributed by atoms with Crippen molar-refractivity contribution in [3.05, 3.63) is 11.3 Å². The van der Waals surface area contributed by atoms with Crippen LogP contribution in [0.4, 0.5) is 5.82 Å². The summed E-state index contributed by atoms with van der Waals surface area (Å²) in [5.74, 6) is -0.607. The highest BCUT2D eigenvalue weighted by Gasteiger charge is 2.47. The number of hydrogen-bond donors (Lipinski definition) is 3. The smallest absolute Gasteiger partial charge is 0.325 e. The predicted octanol–water partition coefficient (Wildman–Crippen LogP) is 1.51. The molecule has 0 saturated carbocycles. The molecule has 19 heavy (non-hydrogen) atoms. The molecule has 0 aromatic carbocycles. The van der Waals surface area contributed by atoms with E-state index in [-0.39, 0.29) is 16.8 Å². The minimum Gasteiger partial charge on any atom is -0.480 e. The number of carboxylic acids is 1. The van der Waals surface area contributed by atoms with Crippen LogP contribution in [0.1, 0.15) is 51.9 Å². The topological polar surface area (TPSA) is 95.2 Å². The summed E-state index contributed by atoms with van der Waals surface area (Å²) in [5, 5.41) is 16.5. The molecule has 0 aliphatic carbocycles. The molecule has 1 aromatic rings. The Morgan fingerprint density at radius 2 is 2.11 bits per heavy atom. The van der Waals surface area contributed by atoms with Gasteiger partial charge >= 0.3 is 5.97 Å². The largest absolute Gasteiger partial charge is 0.480 e. The quantitative estimate of drug-likeness (QED) is 0.716. The van der Waals surface area contributed by atoms with Gasteiger partial charge in [-0.15, -0.1) is 0 Å². The number of anilines is 1. The number of aliphatic carboxylic acids is 1. The molecular weight excluding hydrogens is 244 g/mol. The number of aromatic amines is 1. The molecule has 0 spiro atoms. The number of nitrogens with one attached hydrogen (secondary N) is 1. The molecule has 0 bridgehead atoms. The lowest BCUT2D eigenvalue weighted by molar-refractivity contribution is -0.147. The van der Waals surface area contributed by atoms with Gasteiger partial charge in [0.25, 0.3) is 0 Å². The Morgan fingerprint density at radius 1 is 1.53 bits per heavy atom. The van der Waals surface area contributed by atoms with Crippen molar-refractivity contribution in [3.63, 3.8) is 0 Å². The molecule has 0 amide bonds. The highest BCUT2D eigenvalue weighted by Crippen LogP contribution is 2.43. The second-order valence-electron chi connectivity index (χ2n) is 6.82. The molecule has 1 aliphatic rings.